The first-order valence-corrected chi connectivity index (χ1v) is 8.91. The molecule has 0 saturated carbocycles. The summed E-state index contributed by atoms with van der Waals surface area (Å²) in [5.41, 5.74) is 1.79. The Hall–Kier alpha value is -2.02. The van der Waals surface area contributed by atoms with E-state index in [0.717, 1.165) is 5.95 Å². The van der Waals surface area contributed by atoms with Gasteiger partial charge in [0, 0.05) is 16.6 Å². The van der Waals surface area contributed by atoms with Crippen molar-refractivity contribution in [2.75, 3.05) is 18.4 Å². The summed E-state index contributed by atoms with van der Waals surface area (Å²) in [5, 5.41) is 12.0. The van der Waals surface area contributed by atoms with E-state index in [4.69, 9.17) is 35.4 Å². The summed E-state index contributed by atoms with van der Waals surface area (Å²) in [6.45, 7) is 1.82. The SMILES string of the molecule is S=c1[nH]c(NCC[N-]c2c(Cl)cccc2Cl)[n+](Cc2ccccc2)[nH]1. The summed E-state index contributed by atoms with van der Waals surface area (Å²) in [6, 6.07) is 15.5. The zero-order chi connectivity index (χ0) is 17.6. The molecule has 1 heterocycles. The fourth-order valence-electron chi connectivity index (χ4n) is 2.39. The third kappa shape index (κ3) is 4.75. The van der Waals surface area contributed by atoms with E-state index in [1.165, 1.54) is 5.56 Å². The van der Waals surface area contributed by atoms with Crippen molar-refractivity contribution in [3.05, 3.63) is 74.2 Å². The van der Waals surface area contributed by atoms with E-state index in [-0.39, 0.29) is 0 Å². The van der Waals surface area contributed by atoms with Crippen molar-refractivity contribution in [2.45, 2.75) is 6.54 Å². The molecule has 0 aliphatic heterocycles. The second kappa shape index (κ2) is 8.38. The van der Waals surface area contributed by atoms with Crippen molar-refractivity contribution in [3.8, 4) is 0 Å². The van der Waals surface area contributed by atoms with Crippen LogP contribution in [0.15, 0.2) is 48.5 Å². The van der Waals surface area contributed by atoms with Crippen molar-refractivity contribution in [3.63, 3.8) is 0 Å². The largest absolute Gasteiger partial charge is 0.679 e. The number of aromatic amines is 2. The minimum Gasteiger partial charge on any atom is -0.679 e. The second-order valence-electron chi connectivity index (χ2n) is 5.37. The molecule has 1 aromatic heterocycles. The van der Waals surface area contributed by atoms with Gasteiger partial charge in [-0.25, -0.2) is 10.1 Å². The Morgan fingerprint density at radius 1 is 1.04 bits per heavy atom. The quantitative estimate of drug-likeness (QED) is 0.305. The molecule has 0 spiro atoms. The van der Waals surface area contributed by atoms with Crippen LogP contribution in [0.1, 0.15) is 5.56 Å². The maximum absolute atomic E-state index is 6.12. The van der Waals surface area contributed by atoms with Crippen molar-refractivity contribution < 1.29 is 4.68 Å². The Morgan fingerprint density at radius 3 is 2.48 bits per heavy atom. The Labute approximate surface area is 161 Å². The first kappa shape index (κ1) is 17.8. The van der Waals surface area contributed by atoms with Crippen molar-refractivity contribution in [1.29, 1.82) is 0 Å². The highest BCUT2D eigenvalue weighted by Gasteiger charge is 2.11. The minimum absolute atomic E-state index is 0.528. The molecular weight excluding hydrogens is 377 g/mol. The highest BCUT2D eigenvalue weighted by Crippen LogP contribution is 2.35. The van der Waals surface area contributed by atoms with Gasteiger partial charge in [0.25, 0.3) is 4.77 Å². The number of H-pyrrole nitrogens is 2. The third-order valence-corrected chi connectivity index (χ3v) is 4.34. The Morgan fingerprint density at radius 2 is 1.76 bits per heavy atom. The van der Waals surface area contributed by atoms with Gasteiger partial charge in [-0.3, -0.25) is 5.32 Å². The average molecular weight is 394 g/mol. The molecule has 3 N–H and O–H groups in total. The molecular formula is C17H17Cl2N5S. The molecule has 3 aromatic rings. The predicted octanol–water partition coefficient (Wildman–Crippen LogP) is 4.83. The van der Waals surface area contributed by atoms with E-state index in [0.29, 0.717) is 40.1 Å². The van der Waals surface area contributed by atoms with Gasteiger partial charge in [0.2, 0.25) is 0 Å². The van der Waals surface area contributed by atoms with E-state index in [2.05, 4.69) is 32.8 Å². The molecule has 0 fully saturated rings. The smallest absolute Gasteiger partial charge is 0.375 e. The molecule has 0 unspecified atom stereocenters. The van der Waals surface area contributed by atoms with E-state index in [1.807, 2.05) is 22.9 Å². The van der Waals surface area contributed by atoms with Crippen LogP contribution in [0.3, 0.4) is 0 Å². The molecule has 0 bridgehead atoms. The first-order chi connectivity index (χ1) is 12.1. The zero-order valence-corrected chi connectivity index (χ0v) is 15.6. The topological polar surface area (TPSA) is 61.6 Å². The van der Waals surface area contributed by atoms with E-state index >= 15 is 0 Å². The lowest BCUT2D eigenvalue weighted by molar-refractivity contribution is -0.730. The number of nitrogens with one attached hydrogen (secondary N) is 3. The monoisotopic (exact) mass is 393 g/mol. The van der Waals surface area contributed by atoms with Crippen LogP contribution in [0, 0.1) is 4.77 Å². The van der Waals surface area contributed by atoms with E-state index in [1.54, 1.807) is 18.2 Å². The summed E-state index contributed by atoms with van der Waals surface area (Å²) in [4.78, 5) is 3.10. The molecule has 0 radical (unpaired) electrons. The van der Waals surface area contributed by atoms with Crippen LogP contribution in [0.4, 0.5) is 11.6 Å². The summed E-state index contributed by atoms with van der Waals surface area (Å²) >= 11 is 17.4. The number of anilines is 1. The molecule has 0 aliphatic carbocycles. The number of nitrogens with zero attached hydrogens (tertiary/aromatic N) is 2. The summed E-state index contributed by atoms with van der Waals surface area (Å²) in [6.07, 6.45) is 0. The van der Waals surface area contributed by atoms with Crippen molar-refractivity contribution >= 4 is 47.1 Å². The van der Waals surface area contributed by atoms with Crippen molar-refractivity contribution in [1.82, 2.24) is 10.1 Å². The van der Waals surface area contributed by atoms with Crippen LogP contribution < -0.4 is 10.00 Å². The van der Waals surface area contributed by atoms with Gasteiger partial charge in [-0.15, -0.1) is 5.69 Å². The predicted molar refractivity (Wildman–Crippen MR) is 105 cm³/mol. The van der Waals surface area contributed by atoms with Gasteiger partial charge in [0.1, 0.15) is 6.54 Å². The standard InChI is InChI=1S/C17H16Cl2N5S/c18-13-7-4-8-14(19)15(13)20-9-10-21-16-22-17(25)23-24(16)11-12-5-2-1-3-6-12/h1-8H,9-11H2,(H2,21,22,23,25)/q-1/p+1. The first-order valence-electron chi connectivity index (χ1n) is 7.75. The second-order valence-corrected chi connectivity index (χ2v) is 6.59. The Bertz CT molecular complexity index is 871. The van der Waals surface area contributed by atoms with Crippen LogP contribution in [0.2, 0.25) is 10.0 Å². The molecule has 0 saturated heterocycles. The van der Waals surface area contributed by atoms with Gasteiger partial charge in [0.15, 0.2) is 0 Å². The third-order valence-electron chi connectivity index (χ3n) is 3.53. The van der Waals surface area contributed by atoms with E-state index in [9.17, 15) is 0 Å². The van der Waals surface area contributed by atoms with Crippen LogP contribution >= 0.6 is 35.4 Å². The van der Waals surface area contributed by atoms with Gasteiger partial charge in [-0.2, -0.15) is 4.68 Å². The molecule has 0 aliphatic rings. The molecule has 3 rings (SSSR count). The van der Waals surface area contributed by atoms with Gasteiger partial charge in [-0.1, -0.05) is 66.1 Å². The Balaban J connectivity index is 1.59. The number of rotatable bonds is 7. The molecule has 130 valence electrons. The number of hydrogen-bond acceptors (Lipinski definition) is 2. The van der Waals surface area contributed by atoms with Gasteiger partial charge >= 0.3 is 5.95 Å². The molecule has 5 nitrogen and oxygen atoms in total. The van der Waals surface area contributed by atoms with Gasteiger partial charge in [-0.05, 0) is 29.9 Å². The lowest BCUT2D eigenvalue weighted by Gasteiger charge is -2.23. The average Bonchev–Trinajstić information content (AvgIpc) is 2.94. The van der Waals surface area contributed by atoms with Crippen LogP contribution in [0.25, 0.3) is 5.32 Å². The summed E-state index contributed by atoms with van der Waals surface area (Å²) in [5.74, 6) is 0.800. The zero-order valence-electron chi connectivity index (χ0n) is 13.3. The molecule has 25 heavy (non-hydrogen) atoms. The lowest BCUT2D eigenvalue weighted by Crippen LogP contribution is -2.39. The van der Waals surface area contributed by atoms with Gasteiger partial charge < -0.3 is 5.32 Å². The highest BCUT2D eigenvalue weighted by atomic mass is 35.5. The lowest BCUT2D eigenvalue weighted by atomic mass is 10.2. The summed E-state index contributed by atoms with van der Waals surface area (Å²) < 4.78 is 2.49. The normalized spacial score (nSPS) is 10.6. The number of halogens is 2. The highest BCUT2D eigenvalue weighted by molar-refractivity contribution is 7.71. The van der Waals surface area contributed by atoms with Crippen LogP contribution in [0.5, 0.6) is 0 Å². The van der Waals surface area contributed by atoms with Crippen LogP contribution in [-0.2, 0) is 6.54 Å². The fourth-order valence-corrected chi connectivity index (χ4v) is 3.11. The fraction of sp³-hybridized carbons (Fsp3) is 0.176. The summed E-state index contributed by atoms with van der Waals surface area (Å²) in [7, 11) is 0. The maximum Gasteiger partial charge on any atom is 0.375 e. The number of benzene rings is 2. The molecule has 8 heteroatoms. The van der Waals surface area contributed by atoms with Crippen LogP contribution in [-0.4, -0.2) is 23.2 Å². The minimum atomic E-state index is 0.528. The number of hydrogen-bond donors (Lipinski definition) is 3. The molecule has 2 aromatic carbocycles. The maximum atomic E-state index is 6.12. The Kier molecular flexibility index (Phi) is 5.96. The van der Waals surface area contributed by atoms with Gasteiger partial charge in [0.05, 0.1) is 0 Å². The molecule has 0 atom stereocenters. The number of aromatic nitrogens is 3. The van der Waals surface area contributed by atoms with E-state index < -0.39 is 0 Å². The molecule has 0 amide bonds. The van der Waals surface area contributed by atoms with Crippen molar-refractivity contribution in [2.24, 2.45) is 0 Å². The number of para-hydroxylation sites is 1.